The fourth-order valence-electron chi connectivity index (χ4n) is 1.72. The Morgan fingerprint density at radius 2 is 2.25 bits per heavy atom. The zero-order valence-corrected chi connectivity index (χ0v) is 12.6. The number of carbonyl (C=O) groups is 1. The van der Waals surface area contributed by atoms with Crippen LogP contribution in [0.4, 0.5) is 5.13 Å². The first-order valence-corrected chi connectivity index (χ1v) is 7.15. The number of rotatable bonds is 5. The molecule has 0 aromatic carbocycles. The van der Waals surface area contributed by atoms with Crippen molar-refractivity contribution in [3.63, 3.8) is 0 Å². The largest absolute Gasteiger partial charge is 0.362 e. The van der Waals surface area contributed by atoms with Crippen LogP contribution in [0, 0.1) is 6.92 Å². The molecule has 0 atom stereocenters. The molecule has 7 heteroatoms. The molecule has 2 aromatic rings. The Labute approximate surface area is 121 Å². The van der Waals surface area contributed by atoms with Gasteiger partial charge in [0.2, 0.25) is 0 Å². The number of amides is 1. The minimum atomic E-state index is -0.0465. The number of anilines is 1. The van der Waals surface area contributed by atoms with Crippen LogP contribution in [0.2, 0.25) is 0 Å². The van der Waals surface area contributed by atoms with Gasteiger partial charge in [-0.05, 0) is 13.8 Å². The molecule has 0 fully saturated rings. The lowest BCUT2D eigenvalue weighted by Crippen LogP contribution is -2.26. The van der Waals surface area contributed by atoms with Crippen molar-refractivity contribution in [2.24, 2.45) is 0 Å². The number of aryl methyl sites for hydroxylation is 1. The van der Waals surface area contributed by atoms with Crippen molar-refractivity contribution in [2.45, 2.75) is 20.4 Å². The van der Waals surface area contributed by atoms with E-state index < -0.39 is 0 Å². The Morgan fingerprint density at radius 3 is 2.90 bits per heavy atom. The molecular weight excluding hydrogens is 274 g/mol. The Balaban J connectivity index is 2.10. The SMILES string of the molecule is CCNc1nc(C)c(C(=O)N(C)Cc2cnccn2)s1. The van der Waals surface area contributed by atoms with Crippen LogP contribution >= 0.6 is 11.3 Å². The first kappa shape index (κ1) is 14.4. The van der Waals surface area contributed by atoms with Crippen LogP contribution in [0.1, 0.15) is 28.0 Å². The maximum absolute atomic E-state index is 12.4. The Kier molecular flexibility index (Phi) is 4.62. The molecule has 2 aromatic heterocycles. The number of nitrogens with one attached hydrogen (secondary N) is 1. The molecule has 1 amide bonds. The molecule has 0 bridgehead atoms. The third-order valence-electron chi connectivity index (χ3n) is 2.68. The van der Waals surface area contributed by atoms with E-state index in [-0.39, 0.29) is 5.91 Å². The summed E-state index contributed by atoms with van der Waals surface area (Å²) in [5, 5.41) is 3.91. The van der Waals surface area contributed by atoms with Crippen molar-refractivity contribution in [2.75, 3.05) is 18.9 Å². The molecule has 1 N–H and O–H groups in total. The molecular formula is C13H17N5OS. The average molecular weight is 291 g/mol. The molecule has 6 nitrogen and oxygen atoms in total. The highest BCUT2D eigenvalue weighted by molar-refractivity contribution is 7.17. The normalized spacial score (nSPS) is 10.3. The first-order chi connectivity index (χ1) is 9.61. The second kappa shape index (κ2) is 6.42. The third-order valence-corrected chi connectivity index (χ3v) is 3.78. The first-order valence-electron chi connectivity index (χ1n) is 6.33. The van der Waals surface area contributed by atoms with Crippen LogP contribution in [-0.4, -0.2) is 39.4 Å². The zero-order chi connectivity index (χ0) is 14.5. The van der Waals surface area contributed by atoms with E-state index in [1.54, 1.807) is 30.5 Å². The number of carbonyl (C=O) groups excluding carboxylic acids is 1. The van der Waals surface area contributed by atoms with E-state index in [9.17, 15) is 4.79 Å². The lowest BCUT2D eigenvalue weighted by molar-refractivity contribution is 0.0787. The molecule has 0 unspecified atom stereocenters. The molecule has 20 heavy (non-hydrogen) atoms. The van der Waals surface area contributed by atoms with Crippen molar-refractivity contribution in [3.05, 3.63) is 34.9 Å². The van der Waals surface area contributed by atoms with E-state index in [4.69, 9.17) is 0 Å². The van der Waals surface area contributed by atoms with Crippen molar-refractivity contribution in [1.82, 2.24) is 19.9 Å². The van der Waals surface area contributed by atoms with Gasteiger partial charge >= 0.3 is 0 Å². The van der Waals surface area contributed by atoms with Gasteiger partial charge in [0.05, 0.1) is 24.1 Å². The second-order valence-electron chi connectivity index (χ2n) is 4.32. The maximum Gasteiger partial charge on any atom is 0.266 e. The summed E-state index contributed by atoms with van der Waals surface area (Å²) in [5.74, 6) is -0.0465. The monoisotopic (exact) mass is 291 g/mol. The van der Waals surface area contributed by atoms with Gasteiger partial charge in [-0.25, -0.2) is 4.98 Å². The van der Waals surface area contributed by atoms with E-state index in [2.05, 4.69) is 20.3 Å². The van der Waals surface area contributed by atoms with Crippen LogP contribution in [0.15, 0.2) is 18.6 Å². The predicted octanol–water partition coefficient (Wildman–Crippen LogP) is 1.95. The van der Waals surface area contributed by atoms with Gasteiger partial charge in [-0.2, -0.15) is 0 Å². The number of aromatic nitrogens is 3. The lowest BCUT2D eigenvalue weighted by atomic mass is 10.3. The van der Waals surface area contributed by atoms with Crippen molar-refractivity contribution >= 4 is 22.4 Å². The molecule has 0 spiro atoms. The van der Waals surface area contributed by atoms with Crippen LogP contribution in [-0.2, 0) is 6.54 Å². The van der Waals surface area contributed by atoms with Crippen molar-refractivity contribution in [3.8, 4) is 0 Å². The van der Waals surface area contributed by atoms with E-state index in [1.165, 1.54) is 11.3 Å². The van der Waals surface area contributed by atoms with Gasteiger partial charge in [0.1, 0.15) is 4.88 Å². The van der Waals surface area contributed by atoms with Crippen LogP contribution in [0.25, 0.3) is 0 Å². The molecule has 0 saturated carbocycles. The highest BCUT2D eigenvalue weighted by Crippen LogP contribution is 2.23. The van der Waals surface area contributed by atoms with Gasteiger partial charge in [0.25, 0.3) is 5.91 Å². The quantitative estimate of drug-likeness (QED) is 0.911. The van der Waals surface area contributed by atoms with Crippen molar-refractivity contribution < 1.29 is 4.79 Å². The minimum Gasteiger partial charge on any atom is -0.362 e. The topological polar surface area (TPSA) is 71.0 Å². The van der Waals surface area contributed by atoms with Crippen LogP contribution in [0.3, 0.4) is 0 Å². The fourth-order valence-corrected chi connectivity index (χ4v) is 2.75. The number of hydrogen-bond acceptors (Lipinski definition) is 6. The summed E-state index contributed by atoms with van der Waals surface area (Å²) < 4.78 is 0. The average Bonchev–Trinajstić information content (AvgIpc) is 2.80. The Bertz CT molecular complexity index is 584. The predicted molar refractivity (Wildman–Crippen MR) is 78.8 cm³/mol. The maximum atomic E-state index is 12.4. The number of nitrogens with zero attached hydrogens (tertiary/aromatic N) is 4. The van der Waals surface area contributed by atoms with Gasteiger partial charge in [-0.3, -0.25) is 14.8 Å². The third kappa shape index (κ3) is 3.30. The van der Waals surface area contributed by atoms with E-state index in [0.717, 1.165) is 23.1 Å². The molecule has 0 radical (unpaired) electrons. The van der Waals surface area contributed by atoms with Gasteiger partial charge in [-0.1, -0.05) is 11.3 Å². The summed E-state index contributed by atoms with van der Waals surface area (Å²) in [6.07, 6.45) is 4.89. The smallest absolute Gasteiger partial charge is 0.266 e. The molecule has 0 saturated heterocycles. The molecule has 2 heterocycles. The van der Waals surface area contributed by atoms with Gasteiger partial charge < -0.3 is 10.2 Å². The Hall–Kier alpha value is -2.02. The van der Waals surface area contributed by atoms with Crippen LogP contribution in [0.5, 0.6) is 0 Å². The number of thiazole rings is 1. The zero-order valence-electron chi connectivity index (χ0n) is 11.8. The summed E-state index contributed by atoms with van der Waals surface area (Å²) in [6, 6.07) is 0. The van der Waals surface area contributed by atoms with Crippen molar-refractivity contribution in [1.29, 1.82) is 0 Å². The van der Waals surface area contributed by atoms with Gasteiger partial charge in [0, 0.05) is 26.0 Å². The minimum absolute atomic E-state index is 0.0465. The second-order valence-corrected chi connectivity index (χ2v) is 5.32. The Morgan fingerprint density at radius 1 is 1.45 bits per heavy atom. The van der Waals surface area contributed by atoms with Gasteiger partial charge in [-0.15, -0.1) is 0 Å². The van der Waals surface area contributed by atoms with E-state index in [1.807, 2.05) is 13.8 Å². The number of hydrogen-bond donors (Lipinski definition) is 1. The summed E-state index contributed by atoms with van der Waals surface area (Å²) >= 11 is 1.38. The molecule has 0 aliphatic rings. The van der Waals surface area contributed by atoms with E-state index in [0.29, 0.717) is 11.4 Å². The highest BCUT2D eigenvalue weighted by Gasteiger charge is 2.19. The lowest BCUT2D eigenvalue weighted by Gasteiger charge is -2.15. The molecule has 0 aliphatic carbocycles. The van der Waals surface area contributed by atoms with Gasteiger partial charge in [0.15, 0.2) is 5.13 Å². The highest BCUT2D eigenvalue weighted by atomic mass is 32.1. The molecule has 106 valence electrons. The fraction of sp³-hybridized carbons (Fsp3) is 0.385. The summed E-state index contributed by atoms with van der Waals surface area (Å²) in [7, 11) is 1.75. The molecule has 2 rings (SSSR count). The standard InChI is InChI=1S/C13H17N5OS/c1-4-15-13-17-9(2)11(20-13)12(19)18(3)8-10-7-14-5-6-16-10/h5-7H,4,8H2,1-3H3,(H,15,17). The van der Waals surface area contributed by atoms with E-state index >= 15 is 0 Å². The summed E-state index contributed by atoms with van der Waals surface area (Å²) in [5.41, 5.74) is 1.51. The van der Waals surface area contributed by atoms with Crippen LogP contribution < -0.4 is 5.32 Å². The summed E-state index contributed by atoms with van der Waals surface area (Å²) in [6.45, 7) is 5.07. The summed E-state index contributed by atoms with van der Waals surface area (Å²) in [4.78, 5) is 27.2. The molecule has 0 aliphatic heterocycles.